The molecule has 0 saturated heterocycles. The van der Waals surface area contributed by atoms with Gasteiger partial charge in [0.15, 0.2) is 5.69 Å². The van der Waals surface area contributed by atoms with E-state index < -0.39 is 10.0 Å². The van der Waals surface area contributed by atoms with E-state index in [2.05, 4.69) is 9.71 Å². The molecule has 3 aromatic rings. The number of benzene rings is 1. The highest BCUT2D eigenvalue weighted by atomic mass is 32.2. The maximum atomic E-state index is 12.7. The third-order valence-corrected chi connectivity index (χ3v) is 5.51. The first kappa shape index (κ1) is 19.2. The number of aryl methyl sites for hydroxylation is 2. The van der Waals surface area contributed by atoms with Crippen molar-refractivity contribution in [2.75, 3.05) is 4.72 Å². The number of anilines is 1. The number of nitrogens with zero attached hydrogens (tertiary/aromatic N) is 4. The fraction of sp³-hybridized carbons (Fsp3) is 0.150. The number of sulfonamides is 1. The molecule has 0 spiro atoms. The first-order valence-electron chi connectivity index (χ1n) is 8.48. The van der Waals surface area contributed by atoms with Crippen molar-refractivity contribution < 1.29 is 8.42 Å². The normalized spacial score (nSPS) is 10.9. The van der Waals surface area contributed by atoms with E-state index >= 15 is 0 Å². The van der Waals surface area contributed by atoms with E-state index in [-0.39, 0.29) is 16.2 Å². The zero-order valence-corrected chi connectivity index (χ0v) is 16.2. The van der Waals surface area contributed by atoms with Gasteiger partial charge in [0.2, 0.25) is 0 Å². The summed E-state index contributed by atoms with van der Waals surface area (Å²) in [5.41, 5.74) is 2.57. The molecule has 28 heavy (non-hydrogen) atoms. The minimum Gasteiger partial charge on any atom is -0.353 e. The molecule has 0 fully saturated rings. The molecule has 2 heterocycles. The van der Waals surface area contributed by atoms with Gasteiger partial charge in [-0.3, -0.25) is 4.72 Å². The van der Waals surface area contributed by atoms with Gasteiger partial charge in [-0.25, -0.2) is 13.4 Å². The molecule has 8 heteroatoms. The van der Waals surface area contributed by atoms with Crippen LogP contribution < -0.4 is 4.72 Å². The van der Waals surface area contributed by atoms with Crippen molar-refractivity contribution in [1.29, 1.82) is 10.5 Å². The van der Waals surface area contributed by atoms with Gasteiger partial charge >= 0.3 is 0 Å². The molecule has 0 amide bonds. The Balaban J connectivity index is 1.98. The SMILES string of the molecule is CCn1ccc(S(=O)(=O)Nc2cc(C)cc(-c3ccc(C#N)c(C#N)n3)c2)c1. The van der Waals surface area contributed by atoms with Gasteiger partial charge in [0.05, 0.1) is 11.3 Å². The van der Waals surface area contributed by atoms with Crippen LogP contribution in [0.4, 0.5) is 5.69 Å². The lowest BCUT2D eigenvalue weighted by atomic mass is 10.1. The predicted octanol–water partition coefficient (Wildman–Crippen LogP) is 3.42. The van der Waals surface area contributed by atoms with E-state index in [1.807, 2.05) is 32.1 Å². The first-order valence-corrected chi connectivity index (χ1v) is 9.96. The Kier molecular flexibility index (Phi) is 5.16. The third-order valence-electron chi connectivity index (χ3n) is 4.15. The van der Waals surface area contributed by atoms with Crippen LogP contribution in [-0.2, 0) is 16.6 Å². The highest BCUT2D eigenvalue weighted by Crippen LogP contribution is 2.26. The monoisotopic (exact) mass is 391 g/mol. The fourth-order valence-corrected chi connectivity index (χ4v) is 3.83. The van der Waals surface area contributed by atoms with Crippen LogP contribution in [0.1, 0.15) is 23.7 Å². The van der Waals surface area contributed by atoms with Gasteiger partial charge in [-0.15, -0.1) is 0 Å². The molecular formula is C20H17N5O2S. The lowest BCUT2D eigenvalue weighted by molar-refractivity contribution is 0.600. The zero-order chi connectivity index (χ0) is 20.3. The van der Waals surface area contributed by atoms with E-state index in [9.17, 15) is 13.7 Å². The number of hydrogen-bond donors (Lipinski definition) is 1. The number of hydrogen-bond acceptors (Lipinski definition) is 5. The van der Waals surface area contributed by atoms with E-state index in [1.165, 1.54) is 6.07 Å². The summed E-state index contributed by atoms with van der Waals surface area (Å²) in [6.07, 6.45) is 3.28. The van der Waals surface area contributed by atoms with Crippen molar-refractivity contribution in [3.05, 3.63) is 65.6 Å². The molecule has 0 radical (unpaired) electrons. The van der Waals surface area contributed by atoms with Crippen LogP contribution >= 0.6 is 0 Å². The first-order chi connectivity index (χ1) is 13.4. The van der Waals surface area contributed by atoms with Crippen molar-refractivity contribution in [3.63, 3.8) is 0 Å². The van der Waals surface area contributed by atoms with Crippen LogP contribution in [0.15, 0.2) is 53.7 Å². The maximum absolute atomic E-state index is 12.7. The summed E-state index contributed by atoms with van der Waals surface area (Å²) in [7, 11) is -3.73. The highest BCUT2D eigenvalue weighted by molar-refractivity contribution is 7.92. The highest BCUT2D eigenvalue weighted by Gasteiger charge is 2.16. The summed E-state index contributed by atoms with van der Waals surface area (Å²) >= 11 is 0. The molecule has 0 bridgehead atoms. The van der Waals surface area contributed by atoms with E-state index in [4.69, 9.17) is 5.26 Å². The van der Waals surface area contributed by atoms with E-state index in [1.54, 1.807) is 41.2 Å². The van der Waals surface area contributed by atoms with Gasteiger partial charge in [-0.05, 0) is 55.8 Å². The molecule has 7 nitrogen and oxygen atoms in total. The Bertz CT molecular complexity index is 1230. The average Bonchev–Trinajstić information content (AvgIpc) is 3.17. The predicted molar refractivity (Wildman–Crippen MR) is 105 cm³/mol. The topological polar surface area (TPSA) is 112 Å². The lowest BCUT2D eigenvalue weighted by Crippen LogP contribution is -2.12. The number of aromatic nitrogens is 2. The van der Waals surface area contributed by atoms with Gasteiger partial charge in [-0.1, -0.05) is 0 Å². The smallest absolute Gasteiger partial charge is 0.263 e. The number of nitrogens with one attached hydrogen (secondary N) is 1. The fourth-order valence-electron chi connectivity index (χ4n) is 2.77. The number of nitriles is 2. The molecule has 1 aromatic carbocycles. The Labute approximate surface area is 163 Å². The summed E-state index contributed by atoms with van der Waals surface area (Å²) in [6.45, 7) is 4.44. The van der Waals surface area contributed by atoms with Crippen LogP contribution in [0.5, 0.6) is 0 Å². The summed E-state index contributed by atoms with van der Waals surface area (Å²) in [5.74, 6) is 0. The van der Waals surface area contributed by atoms with Gasteiger partial charge in [0, 0.05) is 30.2 Å². The number of rotatable bonds is 5. The standard InChI is InChI=1S/C20H17N5O2S/c1-3-25-7-6-18(13-25)28(26,27)24-17-9-14(2)8-16(10-17)19-5-4-15(11-21)20(12-22)23-19/h4-10,13,24H,3H2,1-2H3. The molecule has 0 aliphatic carbocycles. The molecule has 0 unspecified atom stereocenters. The largest absolute Gasteiger partial charge is 0.353 e. The Morgan fingerprint density at radius 1 is 1.14 bits per heavy atom. The Hall–Kier alpha value is -3.62. The second-order valence-corrected chi connectivity index (χ2v) is 7.87. The van der Waals surface area contributed by atoms with Gasteiger partial charge in [0.25, 0.3) is 10.0 Å². The summed E-state index contributed by atoms with van der Waals surface area (Å²) in [4.78, 5) is 4.40. The van der Waals surface area contributed by atoms with Crippen molar-refractivity contribution in [2.45, 2.75) is 25.3 Å². The Morgan fingerprint density at radius 3 is 2.57 bits per heavy atom. The van der Waals surface area contributed by atoms with Gasteiger partial charge in [-0.2, -0.15) is 10.5 Å². The minimum atomic E-state index is -3.73. The molecular weight excluding hydrogens is 374 g/mol. The molecule has 1 N–H and O–H groups in total. The zero-order valence-electron chi connectivity index (χ0n) is 15.3. The van der Waals surface area contributed by atoms with E-state index in [0.717, 1.165) is 5.56 Å². The molecule has 0 aliphatic rings. The summed E-state index contributed by atoms with van der Waals surface area (Å²) in [6, 6.07) is 13.7. The van der Waals surface area contributed by atoms with Crippen LogP contribution in [-0.4, -0.2) is 18.0 Å². The Morgan fingerprint density at radius 2 is 1.93 bits per heavy atom. The molecule has 3 rings (SSSR count). The molecule has 140 valence electrons. The molecule has 0 saturated carbocycles. The van der Waals surface area contributed by atoms with Crippen molar-refractivity contribution in [3.8, 4) is 23.4 Å². The quantitative estimate of drug-likeness (QED) is 0.716. The van der Waals surface area contributed by atoms with Crippen molar-refractivity contribution in [1.82, 2.24) is 9.55 Å². The van der Waals surface area contributed by atoms with Crippen LogP contribution in [0.2, 0.25) is 0 Å². The number of pyridine rings is 1. The van der Waals surface area contributed by atoms with Crippen LogP contribution in [0, 0.1) is 29.6 Å². The third kappa shape index (κ3) is 3.88. The second-order valence-electron chi connectivity index (χ2n) is 6.19. The van der Waals surface area contributed by atoms with E-state index in [0.29, 0.717) is 23.5 Å². The second kappa shape index (κ2) is 7.55. The molecule has 0 atom stereocenters. The summed E-state index contributed by atoms with van der Waals surface area (Å²) < 4.78 is 29.7. The maximum Gasteiger partial charge on any atom is 0.263 e. The minimum absolute atomic E-state index is 0.0320. The van der Waals surface area contributed by atoms with Crippen LogP contribution in [0.25, 0.3) is 11.3 Å². The average molecular weight is 391 g/mol. The molecule has 0 aliphatic heterocycles. The lowest BCUT2D eigenvalue weighted by Gasteiger charge is -2.10. The van der Waals surface area contributed by atoms with Crippen LogP contribution in [0.3, 0.4) is 0 Å². The van der Waals surface area contributed by atoms with Crippen molar-refractivity contribution in [2.24, 2.45) is 0 Å². The summed E-state index contributed by atoms with van der Waals surface area (Å²) in [5, 5.41) is 18.2. The van der Waals surface area contributed by atoms with Gasteiger partial charge < -0.3 is 4.57 Å². The molecule has 2 aromatic heterocycles. The van der Waals surface area contributed by atoms with Gasteiger partial charge in [0.1, 0.15) is 17.0 Å². The van der Waals surface area contributed by atoms with Crippen molar-refractivity contribution >= 4 is 15.7 Å².